The molecule has 1 aliphatic heterocycles. The zero-order valence-electron chi connectivity index (χ0n) is 23.2. The number of nitrogens with one attached hydrogen (secondary N) is 1. The maximum absolute atomic E-state index is 12.4. The molecule has 4 heterocycles. The molecule has 11 heteroatoms. The number of anilines is 3. The van der Waals surface area contributed by atoms with Crippen LogP contribution in [0.4, 0.5) is 17.3 Å². The lowest BCUT2D eigenvalue weighted by atomic mass is 10.0. The normalized spacial score (nSPS) is 13.1. The summed E-state index contributed by atoms with van der Waals surface area (Å²) < 4.78 is 12.8. The fourth-order valence-corrected chi connectivity index (χ4v) is 6.04. The number of methoxy groups -OCH3 is 2. The highest BCUT2D eigenvalue weighted by molar-refractivity contribution is 6.41. The highest BCUT2D eigenvalue weighted by atomic mass is 35.5. The third-order valence-corrected chi connectivity index (χ3v) is 8.20. The quantitative estimate of drug-likeness (QED) is 0.182. The SMILES string of the molecule is C=CC(=O)Cc1cc(N2CCCC2)ccc1Nc1ncc2cc(-c3c(Cl)c(OC)cc(OC)c3Cl)c3nccn3c2n1. The number of carbonyl (C=O) groups excluding carboxylic acids is 1. The Hall–Kier alpha value is -4.34. The van der Waals surface area contributed by atoms with E-state index in [2.05, 4.69) is 38.9 Å². The number of carbonyl (C=O) groups is 1. The molecule has 2 aromatic carbocycles. The monoisotopic (exact) mass is 602 g/mol. The molecule has 0 saturated carbocycles. The van der Waals surface area contributed by atoms with Gasteiger partial charge in [0.05, 0.1) is 24.3 Å². The van der Waals surface area contributed by atoms with Crippen molar-refractivity contribution in [1.29, 1.82) is 0 Å². The van der Waals surface area contributed by atoms with Crippen LogP contribution in [0, 0.1) is 0 Å². The van der Waals surface area contributed by atoms with E-state index in [1.807, 2.05) is 22.7 Å². The molecule has 0 bridgehead atoms. The van der Waals surface area contributed by atoms with Gasteiger partial charge in [-0.05, 0) is 48.7 Å². The summed E-state index contributed by atoms with van der Waals surface area (Å²) in [5.41, 5.74) is 5.14. The molecule has 0 aliphatic carbocycles. The summed E-state index contributed by atoms with van der Waals surface area (Å²) >= 11 is 13.5. The van der Waals surface area contributed by atoms with Gasteiger partial charge in [0.25, 0.3) is 0 Å². The first kappa shape index (κ1) is 27.8. The summed E-state index contributed by atoms with van der Waals surface area (Å²) in [5.74, 6) is 1.17. The number of allylic oxidation sites excluding steroid dienone is 1. The van der Waals surface area contributed by atoms with Gasteiger partial charge in [-0.1, -0.05) is 29.8 Å². The fourth-order valence-electron chi connectivity index (χ4n) is 5.34. The fraction of sp³-hybridized carbons (Fsp3) is 0.226. The number of ketones is 1. The van der Waals surface area contributed by atoms with Gasteiger partial charge in [0.15, 0.2) is 11.4 Å². The Morgan fingerprint density at radius 1 is 1.05 bits per heavy atom. The Labute approximate surface area is 252 Å². The summed E-state index contributed by atoms with van der Waals surface area (Å²) in [5, 5.41) is 4.74. The average Bonchev–Trinajstić information content (AvgIpc) is 3.72. The number of ether oxygens (including phenoxy) is 2. The lowest BCUT2D eigenvalue weighted by molar-refractivity contribution is -0.114. The van der Waals surface area contributed by atoms with Crippen molar-refractivity contribution in [2.45, 2.75) is 19.3 Å². The summed E-state index contributed by atoms with van der Waals surface area (Å²) in [7, 11) is 3.07. The van der Waals surface area contributed by atoms with Crippen LogP contribution in [0.5, 0.6) is 11.5 Å². The highest BCUT2D eigenvalue weighted by Crippen LogP contribution is 2.47. The van der Waals surface area contributed by atoms with Crippen LogP contribution in [-0.4, -0.2) is 52.4 Å². The first-order chi connectivity index (χ1) is 20.4. The summed E-state index contributed by atoms with van der Waals surface area (Å²) in [4.78, 5) is 28.7. The zero-order chi connectivity index (χ0) is 29.4. The molecule has 1 saturated heterocycles. The lowest BCUT2D eigenvalue weighted by Gasteiger charge is -2.20. The molecule has 0 radical (unpaired) electrons. The predicted octanol–water partition coefficient (Wildman–Crippen LogP) is 6.91. The third-order valence-electron chi connectivity index (χ3n) is 7.45. The first-order valence-electron chi connectivity index (χ1n) is 13.4. The van der Waals surface area contributed by atoms with Crippen LogP contribution in [0.3, 0.4) is 0 Å². The van der Waals surface area contributed by atoms with E-state index in [0.717, 1.165) is 35.4 Å². The van der Waals surface area contributed by atoms with Gasteiger partial charge in [0.1, 0.15) is 17.1 Å². The van der Waals surface area contributed by atoms with Crippen LogP contribution in [0.1, 0.15) is 18.4 Å². The van der Waals surface area contributed by atoms with Crippen LogP contribution >= 0.6 is 23.2 Å². The molecule has 0 spiro atoms. The van der Waals surface area contributed by atoms with Crippen molar-refractivity contribution in [3.05, 3.63) is 77.2 Å². The highest BCUT2D eigenvalue weighted by Gasteiger charge is 2.23. The van der Waals surface area contributed by atoms with Crippen molar-refractivity contribution in [2.24, 2.45) is 0 Å². The number of fused-ring (bicyclic) bond motifs is 3. The van der Waals surface area contributed by atoms with Crippen LogP contribution in [0.15, 0.2) is 61.6 Å². The first-order valence-corrected chi connectivity index (χ1v) is 14.2. The Balaban J connectivity index is 1.43. The molecule has 1 fully saturated rings. The number of benzene rings is 2. The van der Waals surface area contributed by atoms with E-state index >= 15 is 0 Å². The van der Waals surface area contributed by atoms with Crippen molar-refractivity contribution >= 4 is 63.0 Å². The van der Waals surface area contributed by atoms with E-state index in [1.165, 1.54) is 33.1 Å². The number of hydrogen-bond donors (Lipinski definition) is 1. The predicted molar refractivity (Wildman–Crippen MR) is 167 cm³/mol. The minimum absolute atomic E-state index is 0.0600. The number of imidazole rings is 1. The second-order valence-corrected chi connectivity index (χ2v) is 10.7. The number of rotatable bonds is 9. The lowest BCUT2D eigenvalue weighted by Crippen LogP contribution is -2.18. The maximum Gasteiger partial charge on any atom is 0.229 e. The molecule has 42 heavy (non-hydrogen) atoms. The second-order valence-electron chi connectivity index (χ2n) is 9.94. The standard InChI is InChI=1S/C31H28Cl2N6O3/c1-4-21(40)14-18-13-20(38-10-5-6-11-38)7-8-23(18)36-31-35-17-19-15-22(30-34-9-12-39(30)29(19)37-31)26-27(32)24(41-2)16-25(42-3)28(26)33/h4,7-9,12-13,15-17H,1,5-6,10-11,14H2,2-3H3,(H,35,36,37). The van der Waals surface area contributed by atoms with Gasteiger partial charge in [-0.25, -0.2) is 9.97 Å². The van der Waals surface area contributed by atoms with Gasteiger partial charge in [-0.3, -0.25) is 9.20 Å². The minimum Gasteiger partial charge on any atom is -0.495 e. The van der Waals surface area contributed by atoms with Gasteiger partial charge < -0.3 is 19.7 Å². The molecule has 1 N–H and O–H groups in total. The van der Waals surface area contributed by atoms with E-state index in [4.69, 9.17) is 37.7 Å². The molecule has 0 unspecified atom stereocenters. The van der Waals surface area contributed by atoms with Crippen LogP contribution in [-0.2, 0) is 11.2 Å². The van der Waals surface area contributed by atoms with Gasteiger partial charge in [-0.2, -0.15) is 4.98 Å². The molecule has 5 aromatic rings. The topological polar surface area (TPSA) is 93.9 Å². The molecule has 3 aromatic heterocycles. The molecule has 6 rings (SSSR count). The van der Waals surface area contributed by atoms with Gasteiger partial charge in [-0.15, -0.1) is 0 Å². The Bertz CT molecular complexity index is 1820. The van der Waals surface area contributed by atoms with Crippen molar-refractivity contribution in [1.82, 2.24) is 19.4 Å². The van der Waals surface area contributed by atoms with Crippen LogP contribution in [0.25, 0.3) is 27.8 Å². The van der Waals surface area contributed by atoms with Crippen molar-refractivity contribution in [3.63, 3.8) is 0 Å². The number of hydrogen-bond acceptors (Lipinski definition) is 8. The van der Waals surface area contributed by atoms with Gasteiger partial charge in [0.2, 0.25) is 5.95 Å². The van der Waals surface area contributed by atoms with Crippen LogP contribution in [0.2, 0.25) is 10.0 Å². The molecule has 214 valence electrons. The Morgan fingerprint density at radius 2 is 1.79 bits per heavy atom. The van der Waals surface area contributed by atoms with Crippen molar-refractivity contribution < 1.29 is 14.3 Å². The summed E-state index contributed by atoms with van der Waals surface area (Å²) in [6, 6.07) is 9.64. The zero-order valence-corrected chi connectivity index (χ0v) is 24.7. The molecule has 9 nitrogen and oxygen atoms in total. The third kappa shape index (κ3) is 4.99. The molecular formula is C31H28Cl2N6O3. The van der Waals surface area contributed by atoms with E-state index < -0.39 is 0 Å². The minimum atomic E-state index is -0.0600. The molecular weight excluding hydrogens is 575 g/mol. The van der Waals surface area contributed by atoms with E-state index in [1.54, 1.807) is 18.5 Å². The number of pyridine rings is 1. The Kier molecular flexibility index (Phi) is 7.62. The summed E-state index contributed by atoms with van der Waals surface area (Å²) in [6.45, 7) is 5.67. The summed E-state index contributed by atoms with van der Waals surface area (Å²) in [6.07, 6.45) is 9.13. The smallest absolute Gasteiger partial charge is 0.229 e. The molecule has 0 atom stereocenters. The number of nitrogens with zero attached hydrogens (tertiary/aromatic N) is 5. The molecule has 1 aliphatic rings. The van der Waals surface area contributed by atoms with Crippen LogP contribution < -0.4 is 19.7 Å². The number of aromatic nitrogens is 4. The second kappa shape index (κ2) is 11.5. The van der Waals surface area contributed by atoms with Crippen molar-refractivity contribution in [2.75, 3.05) is 37.5 Å². The molecule has 0 amide bonds. The van der Waals surface area contributed by atoms with E-state index in [-0.39, 0.29) is 12.2 Å². The van der Waals surface area contributed by atoms with Gasteiger partial charge in [0, 0.05) is 72.1 Å². The Morgan fingerprint density at radius 3 is 2.48 bits per heavy atom. The number of halogens is 2. The average molecular weight is 604 g/mol. The largest absolute Gasteiger partial charge is 0.495 e. The van der Waals surface area contributed by atoms with Gasteiger partial charge >= 0.3 is 0 Å². The van der Waals surface area contributed by atoms with Crippen molar-refractivity contribution in [3.8, 4) is 22.6 Å². The van der Waals surface area contributed by atoms with E-state index in [9.17, 15) is 4.79 Å². The van der Waals surface area contributed by atoms with E-state index in [0.29, 0.717) is 49.9 Å². The maximum atomic E-state index is 12.4.